The Morgan fingerprint density at radius 1 is 0.864 bits per heavy atom. The smallest absolute Gasteiger partial charge is 0.191 e. The Kier molecular flexibility index (Phi) is 5.33. The molecule has 0 aromatic heterocycles. The zero-order chi connectivity index (χ0) is 15.2. The molecule has 2 heterocycles. The maximum Gasteiger partial charge on any atom is 0.191 e. The highest BCUT2D eigenvalue weighted by atomic mass is 15.2. The molecule has 2 N–H and O–H groups in total. The van der Waals surface area contributed by atoms with Crippen LogP contribution in [0.3, 0.4) is 0 Å². The van der Waals surface area contributed by atoms with Gasteiger partial charge in [-0.3, -0.25) is 4.90 Å². The van der Waals surface area contributed by atoms with E-state index < -0.39 is 0 Å². The second kappa shape index (κ2) is 7.63. The summed E-state index contributed by atoms with van der Waals surface area (Å²) in [5.74, 6) is 0.709. The van der Waals surface area contributed by atoms with Crippen LogP contribution in [0.2, 0.25) is 0 Å². The van der Waals surface area contributed by atoms with Crippen LogP contribution >= 0.6 is 0 Å². The topological polar surface area (TPSA) is 44.9 Å². The van der Waals surface area contributed by atoms with Crippen LogP contribution in [0, 0.1) is 0 Å². The zero-order valence-electron chi connectivity index (χ0n) is 13.5. The van der Waals surface area contributed by atoms with Crippen LogP contribution in [0.15, 0.2) is 29.3 Å². The molecule has 22 heavy (non-hydrogen) atoms. The molecule has 2 aliphatic rings. The van der Waals surface area contributed by atoms with Gasteiger partial charge in [0.05, 0.1) is 6.54 Å². The predicted octanol–water partition coefficient (Wildman–Crippen LogP) is 2.58. The molecule has 0 atom stereocenters. The van der Waals surface area contributed by atoms with Gasteiger partial charge in [-0.2, -0.15) is 0 Å². The molecule has 120 valence electrons. The van der Waals surface area contributed by atoms with Gasteiger partial charge >= 0.3 is 0 Å². The quantitative estimate of drug-likeness (QED) is 0.686. The lowest BCUT2D eigenvalue weighted by molar-refractivity contribution is 0.331. The number of hydrogen-bond donors (Lipinski definition) is 1. The van der Waals surface area contributed by atoms with E-state index in [1.165, 1.54) is 56.3 Å². The fourth-order valence-electron chi connectivity index (χ4n) is 3.34. The Hall–Kier alpha value is -1.55. The summed E-state index contributed by atoms with van der Waals surface area (Å²) in [7, 11) is 0. The highest BCUT2D eigenvalue weighted by Gasteiger charge is 2.12. The SMILES string of the molecule is NC(=NCc1ccc(CN2CCCC2)cc1)N1CCCCC1. The van der Waals surface area contributed by atoms with Crippen molar-refractivity contribution in [1.29, 1.82) is 0 Å². The predicted molar refractivity (Wildman–Crippen MR) is 91.7 cm³/mol. The van der Waals surface area contributed by atoms with E-state index in [9.17, 15) is 0 Å². The molecule has 0 bridgehead atoms. The summed E-state index contributed by atoms with van der Waals surface area (Å²) in [4.78, 5) is 9.30. The lowest BCUT2D eigenvalue weighted by atomic mass is 10.1. The van der Waals surface area contributed by atoms with Crippen molar-refractivity contribution in [3.05, 3.63) is 35.4 Å². The van der Waals surface area contributed by atoms with Crippen LogP contribution in [0.25, 0.3) is 0 Å². The summed E-state index contributed by atoms with van der Waals surface area (Å²) in [5.41, 5.74) is 8.75. The summed E-state index contributed by atoms with van der Waals surface area (Å²) < 4.78 is 0. The Morgan fingerprint density at radius 2 is 1.45 bits per heavy atom. The average Bonchev–Trinajstić information content (AvgIpc) is 3.08. The Bertz CT molecular complexity index is 482. The minimum Gasteiger partial charge on any atom is -0.370 e. The lowest BCUT2D eigenvalue weighted by Crippen LogP contribution is -2.40. The number of likely N-dealkylation sites (tertiary alicyclic amines) is 2. The van der Waals surface area contributed by atoms with Gasteiger partial charge in [-0.25, -0.2) is 4.99 Å². The van der Waals surface area contributed by atoms with Crippen molar-refractivity contribution in [3.63, 3.8) is 0 Å². The average molecular weight is 300 g/mol. The molecule has 0 radical (unpaired) electrons. The van der Waals surface area contributed by atoms with Gasteiger partial charge in [0.25, 0.3) is 0 Å². The van der Waals surface area contributed by atoms with Crippen LogP contribution in [0.4, 0.5) is 0 Å². The highest BCUT2D eigenvalue weighted by Crippen LogP contribution is 2.14. The lowest BCUT2D eigenvalue weighted by Gasteiger charge is -2.27. The first-order chi connectivity index (χ1) is 10.8. The number of guanidine groups is 1. The molecule has 4 nitrogen and oxygen atoms in total. The Balaban J connectivity index is 1.51. The first-order valence-electron chi connectivity index (χ1n) is 8.66. The van der Waals surface area contributed by atoms with E-state index in [4.69, 9.17) is 5.73 Å². The fourth-order valence-corrected chi connectivity index (χ4v) is 3.34. The van der Waals surface area contributed by atoms with Crippen molar-refractivity contribution in [2.75, 3.05) is 26.2 Å². The number of rotatable bonds is 4. The first-order valence-corrected chi connectivity index (χ1v) is 8.66. The molecular weight excluding hydrogens is 272 g/mol. The number of hydrogen-bond acceptors (Lipinski definition) is 2. The van der Waals surface area contributed by atoms with Crippen molar-refractivity contribution in [2.24, 2.45) is 10.7 Å². The number of piperidine rings is 1. The Labute approximate surface area is 134 Å². The van der Waals surface area contributed by atoms with Crippen molar-refractivity contribution < 1.29 is 0 Å². The largest absolute Gasteiger partial charge is 0.370 e. The molecule has 1 aromatic carbocycles. The molecule has 2 saturated heterocycles. The first kappa shape index (κ1) is 15.3. The molecule has 1 aromatic rings. The van der Waals surface area contributed by atoms with Crippen LogP contribution in [-0.2, 0) is 13.1 Å². The van der Waals surface area contributed by atoms with Crippen LogP contribution in [0.1, 0.15) is 43.2 Å². The monoisotopic (exact) mass is 300 g/mol. The van der Waals surface area contributed by atoms with Gasteiger partial charge in [0.2, 0.25) is 0 Å². The number of nitrogens with two attached hydrogens (primary N) is 1. The van der Waals surface area contributed by atoms with Crippen LogP contribution in [-0.4, -0.2) is 41.9 Å². The van der Waals surface area contributed by atoms with E-state index in [2.05, 4.69) is 39.1 Å². The number of nitrogens with zero attached hydrogens (tertiary/aromatic N) is 3. The maximum absolute atomic E-state index is 6.10. The number of aliphatic imine (C=N–C) groups is 1. The normalized spacial score (nSPS) is 20.5. The summed E-state index contributed by atoms with van der Waals surface area (Å²) in [6, 6.07) is 8.86. The summed E-state index contributed by atoms with van der Waals surface area (Å²) in [6.07, 6.45) is 6.50. The van der Waals surface area contributed by atoms with Gasteiger partial charge in [0.15, 0.2) is 5.96 Å². The second-order valence-electron chi connectivity index (χ2n) is 6.52. The fraction of sp³-hybridized carbons (Fsp3) is 0.611. The third-order valence-electron chi connectivity index (χ3n) is 4.73. The molecule has 3 rings (SSSR count). The molecule has 0 spiro atoms. The van der Waals surface area contributed by atoms with E-state index in [1.54, 1.807) is 0 Å². The summed E-state index contributed by atoms with van der Waals surface area (Å²) >= 11 is 0. The second-order valence-corrected chi connectivity index (χ2v) is 6.52. The minimum atomic E-state index is 0.687. The third-order valence-corrected chi connectivity index (χ3v) is 4.73. The molecule has 0 amide bonds. The van der Waals surface area contributed by atoms with Crippen molar-refractivity contribution in [1.82, 2.24) is 9.80 Å². The van der Waals surface area contributed by atoms with Crippen molar-refractivity contribution in [2.45, 2.75) is 45.2 Å². The van der Waals surface area contributed by atoms with Gasteiger partial charge in [0, 0.05) is 19.6 Å². The van der Waals surface area contributed by atoms with Crippen LogP contribution in [0.5, 0.6) is 0 Å². The molecular formula is C18H28N4. The van der Waals surface area contributed by atoms with Gasteiger partial charge in [-0.15, -0.1) is 0 Å². The molecule has 0 unspecified atom stereocenters. The van der Waals surface area contributed by atoms with E-state index in [0.717, 1.165) is 19.6 Å². The molecule has 2 fully saturated rings. The van der Waals surface area contributed by atoms with Gasteiger partial charge in [0.1, 0.15) is 0 Å². The molecule has 0 saturated carbocycles. The standard InChI is InChI=1S/C18H28N4/c19-18(22-12-2-1-3-13-22)20-14-16-6-8-17(9-7-16)15-21-10-4-5-11-21/h6-9H,1-5,10-15H2,(H2,19,20). The van der Waals surface area contributed by atoms with Gasteiger partial charge in [-0.05, 0) is 56.3 Å². The summed E-state index contributed by atoms with van der Waals surface area (Å²) in [6.45, 7) is 6.39. The van der Waals surface area contributed by atoms with E-state index in [-0.39, 0.29) is 0 Å². The van der Waals surface area contributed by atoms with Gasteiger partial charge < -0.3 is 10.6 Å². The van der Waals surface area contributed by atoms with Crippen molar-refractivity contribution >= 4 is 5.96 Å². The molecule has 0 aliphatic carbocycles. The molecule has 2 aliphatic heterocycles. The van der Waals surface area contributed by atoms with E-state index in [1.807, 2.05) is 0 Å². The van der Waals surface area contributed by atoms with Gasteiger partial charge in [-0.1, -0.05) is 24.3 Å². The van der Waals surface area contributed by atoms with Crippen LogP contribution < -0.4 is 5.73 Å². The highest BCUT2D eigenvalue weighted by molar-refractivity contribution is 5.78. The third kappa shape index (κ3) is 4.23. The van der Waals surface area contributed by atoms with E-state index in [0.29, 0.717) is 12.5 Å². The maximum atomic E-state index is 6.10. The Morgan fingerprint density at radius 3 is 2.14 bits per heavy atom. The molecule has 4 heteroatoms. The minimum absolute atomic E-state index is 0.687. The summed E-state index contributed by atoms with van der Waals surface area (Å²) in [5, 5.41) is 0. The zero-order valence-corrected chi connectivity index (χ0v) is 13.5. The number of benzene rings is 1. The van der Waals surface area contributed by atoms with Crippen molar-refractivity contribution in [3.8, 4) is 0 Å². The van der Waals surface area contributed by atoms with E-state index >= 15 is 0 Å².